The van der Waals surface area contributed by atoms with Gasteiger partial charge in [-0.3, -0.25) is 0 Å². The predicted molar refractivity (Wildman–Crippen MR) is 134 cm³/mol. The van der Waals surface area contributed by atoms with Gasteiger partial charge in [-0.05, 0) is 86.5 Å². The van der Waals surface area contributed by atoms with Crippen LogP contribution in [0.4, 0.5) is 8.78 Å². The fourth-order valence-corrected chi connectivity index (χ4v) is 5.96. The molecule has 0 bridgehead atoms. The maximum atomic E-state index is 14.6. The summed E-state index contributed by atoms with van der Waals surface area (Å²) in [6.45, 7) is 2.83. The lowest BCUT2D eigenvalue weighted by molar-refractivity contribution is 0.0729. The molecule has 0 aliphatic heterocycles. The summed E-state index contributed by atoms with van der Waals surface area (Å²) in [4.78, 5) is 12.3. The Labute approximate surface area is 212 Å². The third kappa shape index (κ3) is 6.63. The molecule has 2 aromatic rings. The highest BCUT2D eigenvalue weighted by Gasteiger charge is 2.31. The number of hydrogen-bond donors (Lipinski definition) is 0. The summed E-state index contributed by atoms with van der Waals surface area (Å²) < 4.78 is 39.3. The van der Waals surface area contributed by atoms with Gasteiger partial charge in [0.05, 0.1) is 17.7 Å². The number of esters is 1. The summed E-state index contributed by atoms with van der Waals surface area (Å²) >= 11 is 0. The smallest absolute Gasteiger partial charge is 0.346 e. The molecule has 0 saturated heterocycles. The van der Waals surface area contributed by atoms with E-state index in [1.54, 1.807) is 12.1 Å². The highest BCUT2D eigenvalue weighted by atomic mass is 19.1. The second kappa shape index (κ2) is 12.3. The molecule has 0 spiro atoms. The topological polar surface area (TPSA) is 59.3 Å². The first-order valence-corrected chi connectivity index (χ1v) is 13.3. The Hall–Kier alpha value is -2.94. The Morgan fingerprint density at radius 2 is 1.50 bits per heavy atom. The van der Waals surface area contributed by atoms with E-state index in [0.717, 1.165) is 36.7 Å². The van der Waals surface area contributed by atoms with Gasteiger partial charge in [0, 0.05) is 12.1 Å². The van der Waals surface area contributed by atoms with Crippen LogP contribution in [-0.2, 0) is 0 Å². The number of hydrogen-bond acceptors (Lipinski definition) is 4. The number of carbonyl (C=O) groups excluding carboxylic acids is 1. The molecular weight excluding hydrogens is 460 g/mol. The maximum Gasteiger partial charge on any atom is 0.346 e. The number of rotatable bonds is 8. The largest absolute Gasteiger partial charge is 0.493 e. The van der Waals surface area contributed by atoms with Gasteiger partial charge in [0.15, 0.2) is 0 Å². The van der Waals surface area contributed by atoms with Crippen molar-refractivity contribution in [1.29, 1.82) is 5.26 Å². The summed E-state index contributed by atoms with van der Waals surface area (Å²) in [5, 5.41) is 8.79. The summed E-state index contributed by atoms with van der Waals surface area (Å²) in [7, 11) is 0. The van der Waals surface area contributed by atoms with Crippen molar-refractivity contribution in [1.82, 2.24) is 0 Å². The minimum atomic E-state index is -0.940. The molecule has 0 N–H and O–H groups in total. The van der Waals surface area contributed by atoms with Gasteiger partial charge in [0.2, 0.25) is 0 Å². The van der Waals surface area contributed by atoms with E-state index in [2.05, 4.69) is 6.92 Å². The summed E-state index contributed by atoms with van der Waals surface area (Å²) in [6.07, 6.45) is 13.1. The van der Waals surface area contributed by atoms with Gasteiger partial charge in [-0.2, -0.15) is 5.26 Å². The molecule has 2 fully saturated rings. The standard InChI is InChI=1S/C30H35F2NO3/c1-2-3-20-4-8-22(9-5-20)23-10-6-21(7-11-23)19-35-25-14-15-27(29(32)16-25)30(34)36-26-13-12-24(18-33)28(31)17-26/h12-17,20-23H,2-11,19H2,1H3/t20-,21-,22-,23-. The molecule has 0 aromatic heterocycles. The highest BCUT2D eigenvalue weighted by Crippen LogP contribution is 2.42. The molecule has 0 heterocycles. The van der Waals surface area contributed by atoms with Gasteiger partial charge in [-0.15, -0.1) is 0 Å². The molecule has 4 rings (SSSR count). The zero-order valence-electron chi connectivity index (χ0n) is 21.0. The molecule has 2 aromatic carbocycles. The maximum absolute atomic E-state index is 14.6. The van der Waals surface area contributed by atoms with E-state index >= 15 is 0 Å². The van der Waals surface area contributed by atoms with E-state index in [1.165, 1.54) is 75.6 Å². The van der Waals surface area contributed by atoms with Crippen molar-refractivity contribution in [3.8, 4) is 17.6 Å². The van der Waals surface area contributed by atoms with Crippen molar-refractivity contribution in [2.45, 2.75) is 71.1 Å². The Kier molecular flexibility index (Phi) is 8.96. The van der Waals surface area contributed by atoms with Crippen LogP contribution in [-0.4, -0.2) is 12.6 Å². The van der Waals surface area contributed by atoms with Crippen LogP contribution in [0.1, 0.15) is 87.1 Å². The van der Waals surface area contributed by atoms with E-state index in [-0.39, 0.29) is 16.9 Å². The fraction of sp³-hybridized carbons (Fsp3) is 0.533. The Morgan fingerprint density at radius 1 is 0.889 bits per heavy atom. The first-order valence-electron chi connectivity index (χ1n) is 13.3. The van der Waals surface area contributed by atoms with Crippen LogP contribution in [0.15, 0.2) is 36.4 Å². The van der Waals surface area contributed by atoms with Crippen LogP contribution in [0.5, 0.6) is 11.5 Å². The van der Waals surface area contributed by atoms with Crippen molar-refractivity contribution in [3.63, 3.8) is 0 Å². The van der Waals surface area contributed by atoms with E-state index < -0.39 is 17.6 Å². The fourth-order valence-electron chi connectivity index (χ4n) is 5.96. The van der Waals surface area contributed by atoms with E-state index in [9.17, 15) is 13.6 Å². The van der Waals surface area contributed by atoms with Crippen molar-refractivity contribution in [2.75, 3.05) is 6.61 Å². The van der Waals surface area contributed by atoms with Gasteiger partial charge >= 0.3 is 5.97 Å². The zero-order valence-corrected chi connectivity index (χ0v) is 21.0. The zero-order chi connectivity index (χ0) is 25.5. The van der Waals surface area contributed by atoms with Crippen molar-refractivity contribution < 1.29 is 23.0 Å². The van der Waals surface area contributed by atoms with Crippen molar-refractivity contribution in [2.24, 2.45) is 23.7 Å². The number of nitrogens with zero attached hydrogens (tertiary/aromatic N) is 1. The van der Waals surface area contributed by atoms with Gasteiger partial charge in [0.25, 0.3) is 0 Å². The van der Waals surface area contributed by atoms with Gasteiger partial charge < -0.3 is 9.47 Å². The van der Waals surface area contributed by atoms with Crippen LogP contribution in [0.2, 0.25) is 0 Å². The van der Waals surface area contributed by atoms with Crippen LogP contribution >= 0.6 is 0 Å². The normalized spacial score (nSPS) is 24.1. The number of benzene rings is 2. The highest BCUT2D eigenvalue weighted by molar-refractivity contribution is 5.91. The second-order valence-corrected chi connectivity index (χ2v) is 10.4. The molecule has 0 atom stereocenters. The lowest BCUT2D eigenvalue weighted by atomic mass is 9.69. The number of halogens is 2. The van der Waals surface area contributed by atoms with E-state index in [0.29, 0.717) is 18.3 Å². The quantitative estimate of drug-likeness (QED) is 0.276. The summed E-state index contributed by atoms with van der Waals surface area (Å²) in [5.41, 5.74) is -0.424. The number of carbonyl (C=O) groups is 1. The van der Waals surface area contributed by atoms with Gasteiger partial charge in [-0.25, -0.2) is 13.6 Å². The number of nitriles is 1. The first kappa shape index (κ1) is 26.1. The predicted octanol–water partition coefficient (Wildman–Crippen LogP) is 7.85. The van der Waals surface area contributed by atoms with Crippen LogP contribution < -0.4 is 9.47 Å². The lowest BCUT2D eigenvalue weighted by Crippen LogP contribution is -2.27. The van der Waals surface area contributed by atoms with E-state index in [1.807, 2.05) is 0 Å². The molecule has 2 saturated carbocycles. The third-order valence-electron chi connectivity index (χ3n) is 8.06. The van der Waals surface area contributed by atoms with Crippen molar-refractivity contribution >= 4 is 5.97 Å². The first-order chi connectivity index (χ1) is 17.5. The monoisotopic (exact) mass is 495 g/mol. The average molecular weight is 496 g/mol. The minimum absolute atomic E-state index is 0.0965. The molecule has 2 aliphatic carbocycles. The lowest BCUT2D eigenvalue weighted by Gasteiger charge is -2.37. The third-order valence-corrected chi connectivity index (χ3v) is 8.06. The minimum Gasteiger partial charge on any atom is -0.493 e. The molecular formula is C30H35F2NO3. The van der Waals surface area contributed by atoms with Crippen molar-refractivity contribution in [3.05, 3.63) is 59.2 Å². The Balaban J connectivity index is 1.23. The van der Waals surface area contributed by atoms with Crippen LogP contribution in [0, 0.1) is 46.6 Å². The Morgan fingerprint density at radius 3 is 2.08 bits per heavy atom. The number of ether oxygens (including phenoxy) is 2. The molecule has 4 nitrogen and oxygen atoms in total. The Bertz CT molecular complexity index is 1080. The molecule has 192 valence electrons. The SMILES string of the molecule is CCC[C@H]1CC[C@H]([C@H]2CC[C@H](COc3ccc(C(=O)Oc4ccc(C#N)c(F)c4)c(F)c3)CC2)CC1. The van der Waals surface area contributed by atoms with Crippen LogP contribution in [0.3, 0.4) is 0 Å². The molecule has 2 aliphatic rings. The van der Waals surface area contributed by atoms with Crippen LogP contribution in [0.25, 0.3) is 0 Å². The molecule has 6 heteroatoms. The van der Waals surface area contributed by atoms with Gasteiger partial charge in [-0.1, -0.05) is 32.6 Å². The molecule has 36 heavy (non-hydrogen) atoms. The van der Waals surface area contributed by atoms with E-state index in [4.69, 9.17) is 14.7 Å². The second-order valence-electron chi connectivity index (χ2n) is 10.4. The summed E-state index contributed by atoms with van der Waals surface area (Å²) in [5.74, 6) is 0.934. The summed E-state index contributed by atoms with van der Waals surface area (Å²) in [6, 6.07) is 9.18. The molecule has 0 unspecified atom stereocenters. The van der Waals surface area contributed by atoms with Gasteiger partial charge in [0.1, 0.15) is 29.2 Å². The molecule has 0 amide bonds. The molecule has 0 radical (unpaired) electrons. The average Bonchev–Trinajstić information content (AvgIpc) is 2.88.